The summed E-state index contributed by atoms with van der Waals surface area (Å²) in [5, 5.41) is 2.82. The molecule has 0 heterocycles. The Labute approximate surface area is 163 Å². The lowest BCUT2D eigenvalue weighted by molar-refractivity contribution is 0.0956. The number of nitrogens with zero attached hydrogens (tertiary/aromatic N) is 1. The summed E-state index contributed by atoms with van der Waals surface area (Å²) in [7, 11) is -4.77. The molecule has 1 amide bonds. The fourth-order valence-corrected chi connectivity index (χ4v) is 4.80. The number of benzene rings is 1. The summed E-state index contributed by atoms with van der Waals surface area (Å²) in [6.45, 7) is 9.98. The van der Waals surface area contributed by atoms with Crippen LogP contribution in [0.4, 0.5) is 0 Å². The number of nitrogens with one attached hydrogen (secondary N) is 1. The van der Waals surface area contributed by atoms with Crippen molar-refractivity contribution in [3.8, 4) is 0 Å². The average molecular weight is 423 g/mol. The highest BCUT2D eigenvalue weighted by Crippen LogP contribution is 2.23. The van der Waals surface area contributed by atoms with Crippen LogP contribution in [0.5, 0.6) is 0 Å². The van der Waals surface area contributed by atoms with E-state index in [0.717, 1.165) is 0 Å². The van der Waals surface area contributed by atoms with Crippen LogP contribution in [0.3, 0.4) is 0 Å². The smallest absolute Gasteiger partial charge is 0.252 e. The zero-order valence-electron chi connectivity index (χ0n) is 15.8. The van der Waals surface area contributed by atoms with Gasteiger partial charge in [0.1, 0.15) is 0 Å². The van der Waals surface area contributed by atoms with Crippen molar-refractivity contribution in [3.63, 3.8) is 0 Å². The number of rotatable bonds is 8. The summed E-state index contributed by atoms with van der Waals surface area (Å²) in [6.07, 6.45) is 0. The molecule has 0 aliphatic heterocycles. The van der Waals surface area contributed by atoms with Gasteiger partial charge in [-0.05, 0) is 39.0 Å². The average Bonchev–Trinajstić information content (AvgIpc) is 2.54. The minimum absolute atomic E-state index is 0.0222. The first kappa shape index (κ1) is 23.1. The number of amides is 1. The van der Waals surface area contributed by atoms with Gasteiger partial charge in [-0.15, -0.1) is 0 Å². The van der Waals surface area contributed by atoms with Gasteiger partial charge in [0, 0.05) is 40.9 Å². The van der Waals surface area contributed by atoms with Crippen molar-refractivity contribution >= 4 is 38.3 Å². The summed E-state index contributed by atoms with van der Waals surface area (Å²) in [5.74, 6) is -0.179. The monoisotopic (exact) mass is 422 g/mol. The standard InChI is InChI=1S/C17H27ClN2O4S2/c1-6-20(7-2)26(23,24)13-8-9-15(18)14(12-13)16(21)19-10-11-25(22)17(3,4)5/h8-9,12H,6-7,10-11H2,1-5H3,(H,19,21). The molecule has 0 radical (unpaired) electrons. The highest BCUT2D eigenvalue weighted by molar-refractivity contribution is 7.89. The van der Waals surface area contributed by atoms with E-state index in [4.69, 9.17) is 11.6 Å². The van der Waals surface area contributed by atoms with E-state index < -0.39 is 26.7 Å². The molecule has 0 aliphatic carbocycles. The third kappa shape index (κ3) is 5.77. The molecule has 0 bridgehead atoms. The van der Waals surface area contributed by atoms with Gasteiger partial charge in [-0.25, -0.2) is 8.42 Å². The number of hydrogen-bond donors (Lipinski definition) is 1. The molecule has 0 aliphatic rings. The van der Waals surface area contributed by atoms with Crippen LogP contribution < -0.4 is 5.32 Å². The maximum atomic E-state index is 12.6. The normalized spacial score (nSPS) is 13.7. The maximum absolute atomic E-state index is 12.6. The van der Waals surface area contributed by atoms with Gasteiger partial charge in [-0.2, -0.15) is 4.31 Å². The van der Waals surface area contributed by atoms with Crippen molar-refractivity contribution < 1.29 is 17.4 Å². The number of carbonyl (C=O) groups is 1. The summed E-state index contributed by atoms with van der Waals surface area (Å²) in [4.78, 5) is 12.4. The molecule has 1 aromatic rings. The molecule has 1 unspecified atom stereocenters. The van der Waals surface area contributed by atoms with Gasteiger partial charge in [0.2, 0.25) is 10.0 Å². The zero-order valence-corrected chi connectivity index (χ0v) is 18.2. The Hall–Kier alpha value is -0.960. The molecule has 0 fully saturated rings. The molecular formula is C17H27ClN2O4S2. The quantitative estimate of drug-likeness (QED) is 0.698. The number of hydrogen-bond acceptors (Lipinski definition) is 4. The van der Waals surface area contributed by atoms with E-state index in [1.807, 2.05) is 20.8 Å². The van der Waals surface area contributed by atoms with Crippen molar-refractivity contribution in [2.75, 3.05) is 25.4 Å². The first-order valence-corrected chi connectivity index (χ1v) is 11.5. The number of sulfonamides is 1. The molecule has 6 nitrogen and oxygen atoms in total. The van der Waals surface area contributed by atoms with Crippen LogP contribution in [0, 0.1) is 0 Å². The second kappa shape index (κ2) is 9.30. The fraction of sp³-hybridized carbons (Fsp3) is 0.588. The van der Waals surface area contributed by atoms with E-state index in [-0.39, 0.29) is 26.8 Å². The Morgan fingerprint density at radius 1 is 1.23 bits per heavy atom. The van der Waals surface area contributed by atoms with Gasteiger partial charge < -0.3 is 5.32 Å². The predicted molar refractivity (Wildman–Crippen MR) is 107 cm³/mol. The highest BCUT2D eigenvalue weighted by atomic mass is 35.5. The lowest BCUT2D eigenvalue weighted by Gasteiger charge is -2.19. The Morgan fingerprint density at radius 2 is 1.81 bits per heavy atom. The van der Waals surface area contributed by atoms with Crippen LogP contribution in [0.2, 0.25) is 5.02 Å². The molecule has 1 aromatic carbocycles. The molecular weight excluding hydrogens is 396 g/mol. The van der Waals surface area contributed by atoms with Crippen LogP contribution >= 0.6 is 11.6 Å². The third-order valence-electron chi connectivity index (χ3n) is 3.78. The molecule has 1 rings (SSSR count). The van der Waals surface area contributed by atoms with Crippen LogP contribution in [-0.2, 0) is 20.8 Å². The van der Waals surface area contributed by atoms with Crippen molar-refractivity contribution in [1.82, 2.24) is 9.62 Å². The highest BCUT2D eigenvalue weighted by Gasteiger charge is 2.24. The second-order valence-electron chi connectivity index (χ2n) is 6.65. The molecule has 1 N–H and O–H groups in total. The van der Waals surface area contributed by atoms with E-state index in [1.54, 1.807) is 13.8 Å². The molecule has 1 atom stereocenters. The Morgan fingerprint density at radius 3 is 2.31 bits per heavy atom. The molecule has 0 aromatic heterocycles. The zero-order chi connectivity index (χ0) is 20.1. The number of carbonyl (C=O) groups excluding carboxylic acids is 1. The van der Waals surface area contributed by atoms with Gasteiger partial charge in [0.15, 0.2) is 0 Å². The minimum Gasteiger partial charge on any atom is -0.351 e. The predicted octanol–water partition coefficient (Wildman–Crippen LogP) is 2.65. The van der Waals surface area contributed by atoms with Crippen LogP contribution in [0.1, 0.15) is 45.0 Å². The van der Waals surface area contributed by atoms with Gasteiger partial charge >= 0.3 is 0 Å². The van der Waals surface area contributed by atoms with E-state index in [9.17, 15) is 17.4 Å². The lowest BCUT2D eigenvalue weighted by Crippen LogP contribution is -2.33. The summed E-state index contributed by atoms with van der Waals surface area (Å²) in [5.41, 5.74) is 0.0847. The van der Waals surface area contributed by atoms with Gasteiger partial charge in [0.05, 0.1) is 15.5 Å². The van der Waals surface area contributed by atoms with E-state index in [0.29, 0.717) is 18.8 Å². The molecule has 26 heavy (non-hydrogen) atoms. The van der Waals surface area contributed by atoms with Crippen molar-refractivity contribution in [2.24, 2.45) is 0 Å². The second-order valence-corrected chi connectivity index (χ2v) is 11.3. The van der Waals surface area contributed by atoms with Crippen LogP contribution in [0.15, 0.2) is 23.1 Å². The fourth-order valence-electron chi connectivity index (χ4n) is 2.21. The Kier molecular flexibility index (Phi) is 8.26. The molecule has 0 saturated heterocycles. The first-order chi connectivity index (χ1) is 11.9. The van der Waals surface area contributed by atoms with E-state index in [1.165, 1.54) is 22.5 Å². The minimum atomic E-state index is -3.68. The molecule has 0 spiro atoms. The van der Waals surface area contributed by atoms with Crippen molar-refractivity contribution in [1.29, 1.82) is 0 Å². The molecule has 148 valence electrons. The summed E-state index contributed by atoms with van der Waals surface area (Å²) < 4.78 is 38.2. The summed E-state index contributed by atoms with van der Waals surface area (Å²) in [6, 6.07) is 4.08. The molecule has 9 heteroatoms. The SMILES string of the molecule is CCN(CC)S(=O)(=O)c1ccc(Cl)c(C(=O)NCCS(=O)C(C)(C)C)c1. The van der Waals surface area contributed by atoms with Crippen molar-refractivity contribution in [3.05, 3.63) is 28.8 Å². The Bertz CT molecular complexity index is 769. The largest absolute Gasteiger partial charge is 0.351 e. The number of halogens is 1. The topological polar surface area (TPSA) is 83.6 Å². The van der Waals surface area contributed by atoms with Gasteiger partial charge in [-0.3, -0.25) is 9.00 Å². The van der Waals surface area contributed by atoms with Crippen molar-refractivity contribution in [2.45, 2.75) is 44.3 Å². The van der Waals surface area contributed by atoms with E-state index in [2.05, 4.69) is 5.32 Å². The maximum Gasteiger partial charge on any atom is 0.252 e. The van der Waals surface area contributed by atoms with E-state index >= 15 is 0 Å². The van der Waals surface area contributed by atoms with Gasteiger partial charge in [-0.1, -0.05) is 25.4 Å². The van der Waals surface area contributed by atoms with Gasteiger partial charge in [0.25, 0.3) is 5.91 Å². The first-order valence-electron chi connectivity index (χ1n) is 8.41. The summed E-state index contributed by atoms with van der Waals surface area (Å²) >= 11 is 6.07. The lowest BCUT2D eigenvalue weighted by atomic mass is 10.2. The third-order valence-corrected chi connectivity index (χ3v) is 8.10. The van der Waals surface area contributed by atoms with Crippen LogP contribution in [-0.4, -0.2) is 53.0 Å². The Balaban J connectivity index is 2.97. The molecule has 0 saturated carbocycles. The van der Waals surface area contributed by atoms with Crippen LogP contribution in [0.25, 0.3) is 0 Å².